The van der Waals surface area contributed by atoms with Crippen LogP contribution >= 0.6 is 11.3 Å². The summed E-state index contributed by atoms with van der Waals surface area (Å²) >= 11 is 1.31. The van der Waals surface area contributed by atoms with Crippen molar-refractivity contribution in [2.45, 2.75) is 25.4 Å². The smallest absolute Gasteiger partial charge is 0.342 e. The summed E-state index contributed by atoms with van der Waals surface area (Å²) in [5, 5.41) is 2.36. The minimum atomic E-state index is -4.37. The van der Waals surface area contributed by atoms with Gasteiger partial charge in [-0.05, 0) is 32.0 Å². The molecule has 2 saturated heterocycles. The number of piperidine rings is 1. The molecular weight excluding hydrogens is 453 g/mol. The molecule has 0 saturated carbocycles. The number of carbonyl (C=O) groups is 2. The zero-order chi connectivity index (χ0) is 23.6. The Labute approximate surface area is 195 Å². The summed E-state index contributed by atoms with van der Waals surface area (Å²) in [7, 11) is 2.06. The van der Waals surface area contributed by atoms with Gasteiger partial charge in [-0.2, -0.15) is 13.2 Å². The molecule has 1 aromatic carbocycles. The zero-order valence-corrected chi connectivity index (χ0v) is 19.3. The van der Waals surface area contributed by atoms with Gasteiger partial charge in [-0.25, -0.2) is 4.98 Å². The van der Waals surface area contributed by atoms with Gasteiger partial charge in [0.15, 0.2) is 0 Å². The predicted molar refractivity (Wildman–Crippen MR) is 120 cm³/mol. The minimum absolute atomic E-state index is 0.0250. The van der Waals surface area contributed by atoms with Crippen molar-refractivity contribution in [1.82, 2.24) is 19.7 Å². The average molecular weight is 481 g/mol. The Morgan fingerprint density at radius 3 is 2.24 bits per heavy atom. The Kier molecular flexibility index (Phi) is 7.04. The van der Waals surface area contributed by atoms with Crippen LogP contribution in [0.3, 0.4) is 0 Å². The summed E-state index contributed by atoms with van der Waals surface area (Å²) in [6, 6.07) is 4.87. The van der Waals surface area contributed by atoms with Gasteiger partial charge in [0.05, 0.1) is 17.7 Å². The van der Waals surface area contributed by atoms with Crippen LogP contribution < -0.4 is 0 Å². The van der Waals surface area contributed by atoms with Gasteiger partial charge in [-0.1, -0.05) is 12.1 Å². The van der Waals surface area contributed by atoms with Gasteiger partial charge in [-0.15, -0.1) is 11.3 Å². The second-order valence-corrected chi connectivity index (χ2v) is 9.54. The lowest BCUT2D eigenvalue weighted by molar-refractivity contribution is -0.141. The van der Waals surface area contributed by atoms with Crippen molar-refractivity contribution in [2.24, 2.45) is 5.92 Å². The number of amides is 2. The fourth-order valence-corrected chi connectivity index (χ4v) is 5.08. The van der Waals surface area contributed by atoms with Crippen molar-refractivity contribution in [1.29, 1.82) is 0 Å². The highest BCUT2D eigenvalue weighted by molar-refractivity contribution is 7.13. The molecule has 2 aromatic rings. The van der Waals surface area contributed by atoms with Crippen LogP contribution in [0.15, 0.2) is 29.6 Å². The van der Waals surface area contributed by atoms with E-state index in [1.807, 2.05) is 4.90 Å². The lowest BCUT2D eigenvalue weighted by atomic mass is 9.94. The molecule has 1 aromatic heterocycles. The Balaban J connectivity index is 1.28. The molecule has 6 nitrogen and oxygen atoms in total. The summed E-state index contributed by atoms with van der Waals surface area (Å²) in [4.78, 5) is 35.9. The largest absolute Gasteiger partial charge is 0.416 e. The number of rotatable bonds is 4. The molecule has 33 heavy (non-hydrogen) atoms. The van der Waals surface area contributed by atoms with Crippen molar-refractivity contribution in [3.63, 3.8) is 0 Å². The molecule has 2 aliphatic rings. The Morgan fingerprint density at radius 1 is 1.00 bits per heavy atom. The number of alkyl halides is 3. The summed E-state index contributed by atoms with van der Waals surface area (Å²) in [6.07, 6.45) is -2.88. The topological polar surface area (TPSA) is 56.8 Å². The first-order valence-electron chi connectivity index (χ1n) is 11.1. The highest BCUT2D eigenvalue weighted by Gasteiger charge is 2.32. The van der Waals surface area contributed by atoms with E-state index in [-0.39, 0.29) is 24.2 Å². The number of likely N-dealkylation sites (tertiary alicyclic amines) is 1. The molecule has 0 spiro atoms. The van der Waals surface area contributed by atoms with E-state index in [2.05, 4.69) is 16.9 Å². The average Bonchev–Trinajstić information content (AvgIpc) is 3.27. The van der Waals surface area contributed by atoms with E-state index in [9.17, 15) is 22.8 Å². The third kappa shape index (κ3) is 5.73. The molecule has 0 N–H and O–H groups in total. The fraction of sp³-hybridized carbons (Fsp3) is 0.522. The Morgan fingerprint density at radius 2 is 1.64 bits per heavy atom. The Hall–Kier alpha value is -2.46. The normalized spacial score (nSPS) is 18.5. The molecule has 3 heterocycles. The molecule has 0 atom stereocenters. The third-order valence-corrected chi connectivity index (χ3v) is 7.30. The number of halogens is 3. The lowest BCUT2D eigenvalue weighted by Crippen LogP contribution is -2.51. The zero-order valence-electron chi connectivity index (χ0n) is 18.5. The van der Waals surface area contributed by atoms with Crippen LogP contribution in [0.2, 0.25) is 0 Å². The molecule has 2 aliphatic heterocycles. The number of aromatic nitrogens is 1. The number of nitrogens with zero attached hydrogens (tertiary/aromatic N) is 4. The molecule has 2 amide bonds. The third-order valence-electron chi connectivity index (χ3n) is 6.36. The molecule has 178 valence electrons. The molecule has 10 heteroatoms. The number of likely N-dealkylation sites (N-methyl/N-ethyl adjacent to an activating group) is 1. The van der Waals surface area contributed by atoms with Gasteiger partial charge >= 0.3 is 6.18 Å². The summed E-state index contributed by atoms with van der Waals surface area (Å²) in [5.74, 6) is 0.142. The van der Waals surface area contributed by atoms with E-state index in [1.54, 1.807) is 10.3 Å². The standard InChI is InChI=1S/C23H27F3N4O2S/c1-28-10-12-30(13-11-28)22(32)17-6-8-29(9-7-17)20(31)14-19-15-33-21(27-19)16-2-4-18(5-3-16)23(24,25)26/h2-5,15,17H,6-14H2,1H3. The first-order chi connectivity index (χ1) is 15.7. The molecule has 0 aliphatic carbocycles. The highest BCUT2D eigenvalue weighted by atomic mass is 32.1. The molecule has 0 radical (unpaired) electrons. The summed E-state index contributed by atoms with van der Waals surface area (Å²) < 4.78 is 38.2. The van der Waals surface area contributed by atoms with Crippen LogP contribution in [-0.4, -0.2) is 77.8 Å². The molecular formula is C23H27F3N4O2S. The first kappa shape index (κ1) is 23.7. The van der Waals surface area contributed by atoms with Crippen molar-refractivity contribution >= 4 is 23.2 Å². The summed E-state index contributed by atoms with van der Waals surface area (Å²) in [5.41, 5.74) is 0.498. The number of benzene rings is 1. The number of carbonyl (C=O) groups excluding carboxylic acids is 2. The second kappa shape index (κ2) is 9.80. The van der Waals surface area contributed by atoms with Gasteiger partial charge in [0.1, 0.15) is 5.01 Å². The molecule has 2 fully saturated rings. The van der Waals surface area contributed by atoms with Crippen LogP contribution in [0.5, 0.6) is 0 Å². The van der Waals surface area contributed by atoms with Crippen LogP contribution in [0.25, 0.3) is 10.6 Å². The van der Waals surface area contributed by atoms with E-state index in [4.69, 9.17) is 0 Å². The van der Waals surface area contributed by atoms with E-state index < -0.39 is 11.7 Å². The minimum Gasteiger partial charge on any atom is -0.342 e. The summed E-state index contributed by atoms with van der Waals surface area (Å²) in [6.45, 7) is 4.42. The van der Waals surface area contributed by atoms with E-state index in [0.29, 0.717) is 42.2 Å². The van der Waals surface area contributed by atoms with Crippen molar-refractivity contribution < 1.29 is 22.8 Å². The second-order valence-electron chi connectivity index (χ2n) is 8.68. The Bertz CT molecular complexity index is 976. The van der Waals surface area contributed by atoms with Crippen molar-refractivity contribution in [3.8, 4) is 10.6 Å². The van der Waals surface area contributed by atoms with Gasteiger partial charge < -0.3 is 14.7 Å². The van der Waals surface area contributed by atoms with Gasteiger partial charge in [0, 0.05) is 56.1 Å². The fourth-order valence-electron chi connectivity index (χ4n) is 4.25. The van der Waals surface area contributed by atoms with Crippen LogP contribution in [0.1, 0.15) is 24.1 Å². The molecule has 0 bridgehead atoms. The highest BCUT2D eigenvalue weighted by Crippen LogP contribution is 2.32. The maximum atomic E-state index is 12.8. The van der Waals surface area contributed by atoms with Crippen molar-refractivity contribution in [3.05, 3.63) is 40.9 Å². The monoisotopic (exact) mass is 480 g/mol. The number of hydrogen-bond donors (Lipinski definition) is 0. The van der Waals surface area contributed by atoms with Crippen LogP contribution in [-0.2, 0) is 22.2 Å². The lowest BCUT2D eigenvalue weighted by Gasteiger charge is -2.37. The number of thiazole rings is 1. The van der Waals surface area contributed by atoms with Crippen LogP contribution in [0.4, 0.5) is 13.2 Å². The van der Waals surface area contributed by atoms with E-state index in [0.717, 1.165) is 38.3 Å². The predicted octanol–water partition coefficient (Wildman–Crippen LogP) is 3.38. The van der Waals surface area contributed by atoms with Crippen molar-refractivity contribution in [2.75, 3.05) is 46.3 Å². The number of hydrogen-bond acceptors (Lipinski definition) is 5. The number of piperazine rings is 1. The maximum Gasteiger partial charge on any atom is 0.416 e. The van der Waals surface area contributed by atoms with Gasteiger partial charge in [0.25, 0.3) is 0 Å². The van der Waals surface area contributed by atoms with Crippen LogP contribution in [0, 0.1) is 5.92 Å². The SMILES string of the molecule is CN1CCN(C(=O)C2CCN(C(=O)Cc3csc(-c4ccc(C(F)(F)F)cc4)n3)CC2)CC1. The van der Waals surface area contributed by atoms with E-state index >= 15 is 0 Å². The quantitative estimate of drug-likeness (QED) is 0.673. The maximum absolute atomic E-state index is 12.8. The van der Waals surface area contributed by atoms with E-state index in [1.165, 1.54) is 23.5 Å². The molecule has 4 rings (SSSR count). The van der Waals surface area contributed by atoms with Gasteiger partial charge in [-0.3, -0.25) is 9.59 Å². The molecule has 0 unspecified atom stereocenters. The van der Waals surface area contributed by atoms with Gasteiger partial charge in [0.2, 0.25) is 11.8 Å². The first-order valence-corrected chi connectivity index (χ1v) is 12.0.